The van der Waals surface area contributed by atoms with Gasteiger partial charge < -0.3 is 5.32 Å². The minimum atomic E-state index is -0.0286. The number of hydrogen-bond acceptors (Lipinski definition) is 5. The van der Waals surface area contributed by atoms with Crippen LogP contribution in [0.3, 0.4) is 0 Å². The van der Waals surface area contributed by atoms with Gasteiger partial charge in [0.1, 0.15) is 0 Å². The summed E-state index contributed by atoms with van der Waals surface area (Å²) in [7, 11) is 1.61. The topological polar surface area (TPSA) is 72.7 Å². The molecule has 0 radical (unpaired) electrons. The first-order valence-corrected chi connectivity index (χ1v) is 5.71. The molecule has 0 aliphatic carbocycles. The Kier molecular flexibility index (Phi) is 4.54. The first kappa shape index (κ1) is 12.0. The molecular weight excluding hydrogens is 214 g/mol. The highest BCUT2D eigenvalue weighted by Gasteiger charge is 2.09. The predicted molar refractivity (Wildman–Crippen MR) is 57.4 cm³/mol. The summed E-state index contributed by atoms with van der Waals surface area (Å²) < 4.78 is 1.72. The lowest BCUT2D eigenvalue weighted by atomic mass is 10.2. The Bertz CT molecular complexity index is 325. The van der Waals surface area contributed by atoms with Gasteiger partial charge in [-0.05, 0) is 16.3 Å². The van der Waals surface area contributed by atoms with E-state index in [2.05, 4.69) is 34.7 Å². The number of nitrogens with zero attached hydrogens (tertiary/aromatic N) is 4. The zero-order chi connectivity index (χ0) is 11.3. The van der Waals surface area contributed by atoms with Crippen LogP contribution in [0.4, 0.5) is 0 Å². The van der Waals surface area contributed by atoms with Crippen molar-refractivity contribution >= 4 is 17.7 Å². The largest absolute Gasteiger partial charge is 0.358 e. The Labute approximate surface area is 92.8 Å². The van der Waals surface area contributed by atoms with Gasteiger partial charge in [-0.15, -0.1) is 5.10 Å². The van der Waals surface area contributed by atoms with Gasteiger partial charge in [-0.1, -0.05) is 25.6 Å². The second-order valence-corrected chi connectivity index (χ2v) is 4.44. The van der Waals surface area contributed by atoms with Crippen LogP contribution in [0.5, 0.6) is 0 Å². The number of tetrazole rings is 1. The van der Waals surface area contributed by atoms with Crippen LogP contribution in [0.2, 0.25) is 0 Å². The fourth-order valence-corrected chi connectivity index (χ4v) is 1.72. The highest BCUT2D eigenvalue weighted by Crippen LogP contribution is 2.14. The van der Waals surface area contributed by atoms with Crippen molar-refractivity contribution in [1.29, 1.82) is 0 Å². The molecule has 1 amide bonds. The van der Waals surface area contributed by atoms with Crippen LogP contribution in [-0.4, -0.2) is 38.9 Å². The number of rotatable bonds is 5. The van der Waals surface area contributed by atoms with E-state index in [0.29, 0.717) is 16.8 Å². The molecule has 1 heterocycles. The van der Waals surface area contributed by atoms with Gasteiger partial charge in [0, 0.05) is 13.6 Å². The molecule has 0 fully saturated rings. The summed E-state index contributed by atoms with van der Waals surface area (Å²) in [5.74, 6) is 0.793. The van der Waals surface area contributed by atoms with Crippen LogP contribution in [-0.2, 0) is 11.3 Å². The maximum Gasteiger partial charge on any atom is 0.230 e. The standard InChI is InChI=1S/C8H15N5OS/c1-6(2)4-13-8(10-11-12-13)15-5-7(14)9-3/h6H,4-5H2,1-3H3,(H,9,14). The van der Waals surface area contributed by atoms with Crippen molar-refractivity contribution in [1.82, 2.24) is 25.5 Å². The summed E-state index contributed by atoms with van der Waals surface area (Å²) >= 11 is 1.34. The monoisotopic (exact) mass is 229 g/mol. The van der Waals surface area contributed by atoms with Crippen LogP contribution in [0, 0.1) is 5.92 Å². The molecule has 7 heteroatoms. The van der Waals surface area contributed by atoms with Crippen molar-refractivity contribution < 1.29 is 4.79 Å². The van der Waals surface area contributed by atoms with Crippen LogP contribution in [0.25, 0.3) is 0 Å². The van der Waals surface area contributed by atoms with Crippen LogP contribution in [0.1, 0.15) is 13.8 Å². The van der Waals surface area contributed by atoms with Crippen molar-refractivity contribution in [3.05, 3.63) is 0 Å². The third kappa shape index (κ3) is 3.86. The number of carbonyl (C=O) groups is 1. The average molecular weight is 229 g/mol. The van der Waals surface area contributed by atoms with Gasteiger partial charge in [0.25, 0.3) is 0 Å². The molecule has 15 heavy (non-hydrogen) atoms. The van der Waals surface area contributed by atoms with E-state index in [4.69, 9.17) is 0 Å². The molecule has 1 aromatic rings. The number of thioether (sulfide) groups is 1. The molecule has 0 aliphatic rings. The lowest BCUT2D eigenvalue weighted by molar-refractivity contribution is -0.118. The van der Waals surface area contributed by atoms with E-state index >= 15 is 0 Å². The molecular formula is C8H15N5OS. The number of amides is 1. The van der Waals surface area contributed by atoms with Crippen molar-refractivity contribution in [2.45, 2.75) is 25.5 Å². The molecule has 1 rings (SSSR count). The van der Waals surface area contributed by atoms with Crippen molar-refractivity contribution in [3.8, 4) is 0 Å². The third-order valence-corrected chi connectivity index (χ3v) is 2.61. The Morgan fingerprint density at radius 2 is 2.33 bits per heavy atom. The molecule has 0 saturated carbocycles. The van der Waals surface area contributed by atoms with E-state index in [1.807, 2.05) is 0 Å². The highest BCUT2D eigenvalue weighted by molar-refractivity contribution is 7.99. The van der Waals surface area contributed by atoms with Crippen molar-refractivity contribution in [2.75, 3.05) is 12.8 Å². The molecule has 1 aromatic heterocycles. The fraction of sp³-hybridized carbons (Fsp3) is 0.750. The fourth-order valence-electron chi connectivity index (χ4n) is 0.963. The molecule has 0 spiro atoms. The van der Waals surface area contributed by atoms with Gasteiger partial charge in [0.15, 0.2) is 0 Å². The third-order valence-electron chi connectivity index (χ3n) is 1.65. The number of aromatic nitrogens is 4. The van der Waals surface area contributed by atoms with Gasteiger partial charge in [0.05, 0.1) is 5.75 Å². The lowest BCUT2D eigenvalue weighted by Crippen LogP contribution is -2.20. The quantitative estimate of drug-likeness (QED) is 0.728. The molecule has 0 saturated heterocycles. The van der Waals surface area contributed by atoms with Gasteiger partial charge in [-0.2, -0.15) is 0 Å². The molecule has 0 aliphatic heterocycles. The van der Waals surface area contributed by atoms with E-state index in [1.165, 1.54) is 11.8 Å². The first-order chi connectivity index (χ1) is 7.13. The second kappa shape index (κ2) is 5.69. The van der Waals surface area contributed by atoms with E-state index in [9.17, 15) is 4.79 Å². The molecule has 84 valence electrons. The van der Waals surface area contributed by atoms with E-state index in [1.54, 1.807) is 11.7 Å². The summed E-state index contributed by atoms with van der Waals surface area (Å²) in [5.41, 5.74) is 0. The summed E-state index contributed by atoms with van der Waals surface area (Å²) in [6.07, 6.45) is 0. The number of nitrogens with one attached hydrogen (secondary N) is 1. The van der Waals surface area contributed by atoms with Crippen LogP contribution >= 0.6 is 11.8 Å². The Hall–Kier alpha value is -1.11. The van der Waals surface area contributed by atoms with E-state index < -0.39 is 0 Å². The summed E-state index contributed by atoms with van der Waals surface area (Å²) in [6, 6.07) is 0. The summed E-state index contributed by atoms with van der Waals surface area (Å²) in [5, 5.41) is 14.6. The maximum absolute atomic E-state index is 11.0. The molecule has 0 bridgehead atoms. The van der Waals surface area contributed by atoms with Gasteiger partial charge in [-0.25, -0.2) is 4.68 Å². The van der Waals surface area contributed by atoms with Crippen molar-refractivity contribution in [2.24, 2.45) is 5.92 Å². The van der Waals surface area contributed by atoms with Gasteiger partial charge in [0.2, 0.25) is 11.1 Å². The highest BCUT2D eigenvalue weighted by atomic mass is 32.2. The summed E-state index contributed by atoms with van der Waals surface area (Å²) in [6.45, 7) is 4.95. The van der Waals surface area contributed by atoms with Crippen molar-refractivity contribution in [3.63, 3.8) is 0 Å². The summed E-state index contributed by atoms with van der Waals surface area (Å²) in [4.78, 5) is 11.0. The Morgan fingerprint density at radius 1 is 1.60 bits per heavy atom. The predicted octanol–water partition coefficient (Wildman–Crippen LogP) is 0.167. The molecule has 0 aromatic carbocycles. The van der Waals surface area contributed by atoms with E-state index in [0.717, 1.165) is 6.54 Å². The zero-order valence-electron chi connectivity index (χ0n) is 9.10. The van der Waals surface area contributed by atoms with Gasteiger partial charge in [-0.3, -0.25) is 4.79 Å². The number of carbonyl (C=O) groups excluding carboxylic acids is 1. The number of hydrogen-bond donors (Lipinski definition) is 1. The first-order valence-electron chi connectivity index (χ1n) is 4.73. The second-order valence-electron chi connectivity index (χ2n) is 3.50. The average Bonchev–Trinajstić information content (AvgIpc) is 2.61. The van der Waals surface area contributed by atoms with Crippen LogP contribution in [0.15, 0.2) is 5.16 Å². The lowest BCUT2D eigenvalue weighted by Gasteiger charge is -2.05. The minimum absolute atomic E-state index is 0.0286. The van der Waals surface area contributed by atoms with Gasteiger partial charge >= 0.3 is 0 Å². The SMILES string of the molecule is CNC(=O)CSc1nnnn1CC(C)C. The maximum atomic E-state index is 11.0. The molecule has 1 N–H and O–H groups in total. The Balaban J connectivity index is 2.53. The Morgan fingerprint density at radius 3 is 2.93 bits per heavy atom. The molecule has 0 atom stereocenters. The minimum Gasteiger partial charge on any atom is -0.358 e. The molecule has 6 nitrogen and oxygen atoms in total. The molecule has 0 unspecified atom stereocenters. The van der Waals surface area contributed by atoms with E-state index in [-0.39, 0.29) is 5.91 Å². The zero-order valence-corrected chi connectivity index (χ0v) is 9.91. The normalized spacial score (nSPS) is 10.7. The van der Waals surface area contributed by atoms with Crippen LogP contribution < -0.4 is 5.32 Å². The smallest absolute Gasteiger partial charge is 0.230 e.